The highest BCUT2D eigenvalue weighted by Gasteiger charge is 2.24. The highest BCUT2D eigenvalue weighted by molar-refractivity contribution is 9.10. The summed E-state index contributed by atoms with van der Waals surface area (Å²) in [5.74, 6) is 0.570. The summed E-state index contributed by atoms with van der Waals surface area (Å²) in [6.45, 7) is 2.67. The zero-order valence-corrected chi connectivity index (χ0v) is 14.7. The fourth-order valence-corrected chi connectivity index (χ4v) is 2.64. The molecule has 0 saturated heterocycles. The molecule has 0 radical (unpaired) electrons. The molecule has 0 aromatic heterocycles. The van der Waals surface area contributed by atoms with Gasteiger partial charge in [-0.3, -0.25) is 0 Å². The number of carbonyl (C=O) groups excluding carboxylic acids is 1. The van der Waals surface area contributed by atoms with E-state index in [9.17, 15) is 4.79 Å². The van der Waals surface area contributed by atoms with Crippen molar-refractivity contribution in [1.82, 2.24) is 0 Å². The normalized spacial score (nSPS) is 15.3. The largest absolute Gasteiger partial charge is 0.493 e. The Labute approximate surface area is 148 Å². The van der Waals surface area contributed by atoms with Gasteiger partial charge >= 0.3 is 5.97 Å². The number of rotatable bonds is 5. The van der Waals surface area contributed by atoms with Gasteiger partial charge in [-0.2, -0.15) is 0 Å². The van der Waals surface area contributed by atoms with E-state index in [-0.39, 0.29) is 5.70 Å². The SMILES string of the molecule is CCCOc1ccccc1/C=C1/N=C(c2cccc(Br)c2)OC1=O. The van der Waals surface area contributed by atoms with E-state index in [0.29, 0.717) is 12.5 Å². The fourth-order valence-electron chi connectivity index (χ4n) is 2.24. The first-order valence-electron chi connectivity index (χ1n) is 7.67. The van der Waals surface area contributed by atoms with Crippen LogP contribution >= 0.6 is 15.9 Å². The molecule has 0 fully saturated rings. The second-order valence-electron chi connectivity index (χ2n) is 5.23. The average Bonchev–Trinajstić information content (AvgIpc) is 2.95. The molecule has 3 rings (SSSR count). The number of nitrogens with zero attached hydrogens (tertiary/aromatic N) is 1. The van der Waals surface area contributed by atoms with Gasteiger partial charge in [0.05, 0.1) is 6.61 Å². The summed E-state index contributed by atoms with van der Waals surface area (Å²) >= 11 is 3.40. The summed E-state index contributed by atoms with van der Waals surface area (Å²) < 4.78 is 11.9. The Morgan fingerprint density at radius 2 is 2.04 bits per heavy atom. The van der Waals surface area contributed by atoms with E-state index in [4.69, 9.17) is 9.47 Å². The van der Waals surface area contributed by atoms with Crippen molar-refractivity contribution in [1.29, 1.82) is 0 Å². The van der Waals surface area contributed by atoms with Gasteiger partial charge in [-0.15, -0.1) is 0 Å². The third kappa shape index (κ3) is 3.74. The molecule has 0 spiro atoms. The van der Waals surface area contributed by atoms with Gasteiger partial charge in [0.2, 0.25) is 5.90 Å². The lowest BCUT2D eigenvalue weighted by Gasteiger charge is -2.07. The van der Waals surface area contributed by atoms with Crippen molar-refractivity contribution in [2.75, 3.05) is 6.61 Å². The van der Waals surface area contributed by atoms with Crippen LogP contribution in [-0.4, -0.2) is 18.5 Å². The Morgan fingerprint density at radius 1 is 1.21 bits per heavy atom. The number of para-hydroxylation sites is 1. The zero-order chi connectivity index (χ0) is 16.9. The van der Waals surface area contributed by atoms with E-state index >= 15 is 0 Å². The van der Waals surface area contributed by atoms with Crippen molar-refractivity contribution in [3.63, 3.8) is 0 Å². The number of cyclic esters (lactones) is 1. The smallest absolute Gasteiger partial charge is 0.363 e. The number of hydrogen-bond donors (Lipinski definition) is 0. The van der Waals surface area contributed by atoms with Crippen LogP contribution in [0, 0.1) is 0 Å². The van der Waals surface area contributed by atoms with Gasteiger partial charge in [-0.25, -0.2) is 9.79 Å². The second kappa shape index (κ2) is 7.45. The van der Waals surface area contributed by atoms with Crippen molar-refractivity contribution >= 4 is 33.9 Å². The molecule has 0 amide bonds. The Hall–Kier alpha value is -2.40. The summed E-state index contributed by atoms with van der Waals surface area (Å²) in [6.07, 6.45) is 2.61. The summed E-state index contributed by atoms with van der Waals surface area (Å²) in [7, 11) is 0. The lowest BCUT2D eigenvalue weighted by atomic mass is 10.1. The molecule has 0 unspecified atom stereocenters. The number of hydrogen-bond acceptors (Lipinski definition) is 4. The highest BCUT2D eigenvalue weighted by atomic mass is 79.9. The van der Waals surface area contributed by atoms with Crippen molar-refractivity contribution in [3.8, 4) is 5.75 Å². The van der Waals surface area contributed by atoms with Gasteiger partial charge in [0, 0.05) is 15.6 Å². The molecule has 2 aromatic rings. The molecule has 0 atom stereocenters. The Kier molecular flexibility index (Phi) is 5.11. The maximum Gasteiger partial charge on any atom is 0.363 e. The minimum absolute atomic E-state index is 0.262. The monoisotopic (exact) mass is 385 g/mol. The summed E-state index contributed by atoms with van der Waals surface area (Å²) in [6, 6.07) is 15.0. The third-order valence-electron chi connectivity index (χ3n) is 3.36. The quantitative estimate of drug-likeness (QED) is 0.558. The van der Waals surface area contributed by atoms with Crippen LogP contribution in [0.3, 0.4) is 0 Å². The van der Waals surface area contributed by atoms with Crippen molar-refractivity contribution in [2.24, 2.45) is 4.99 Å². The first-order chi connectivity index (χ1) is 11.7. The Bertz CT molecular complexity index is 827. The molecule has 5 heteroatoms. The van der Waals surface area contributed by atoms with E-state index in [1.165, 1.54) is 0 Å². The minimum Gasteiger partial charge on any atom is -0.493 e. The van der Waals surface area contributed by atoms with Crippen LogP contribution in [-0.2, 0) is 9.53 Å². The molecule has 0 saturated carbocycles. The van der Waals surface area contributed by atoms with Crippen LogP contribution < -0.4 is 4.74 Å². The van der Waals surface area contributed by atoms with E-state index in [1.807, 2.05) is 55.5 Å². The predicted octanol–water partition coefficient (Wildman–Crippen LogP) is 4.58. The van der Waals surface area contributed by atoms with Gasteiger partial charge in [-0.05, 0) is 36.8 Å². The van der Waals surface area contributed by atoms with E-state index in [2.05, 4.69) is 20.9 Å². The maximum absolute atomic E-state index is 12.1. The second-order valence-corrected chi connectivity index (χ2v) is 6.15. The molecule has 24 heavy (non-hydrogen) atoms. The molecule has 2 aromatic carbocycles. The molecule has 4 nitrogen and oxygen atoms in total. The van der Waals surface area contributed by atoms with Gasteiger partial charge in [0.15, 0.2) is 5.70 Å². The first kappa shape index (κ1) is 16.5. The van der Waals surface area contributed by atoms with Crippen molar-refractivity contribution in [2.45, 2.75) is 13.3 Å². The van der Waals surface area contributed by atoms with Gasteiger partial charge < -0.3 is 9.47 Å². The van der Waals surface area contributed by atoms with Crippen molar-refractivity contribution in [3.05, 3.63) is 69.8 Å². The number of halogens is 1. The van der Waals surface area contributed by atoms with Crippen LogP contribution in [0.1, 0.15) is 24.5 Å². The fraction of sp³-hybridized carbons (Fsp3) is 0.158. The van der Waals surface area contributed by atoms with E-state index in [1.54, 1.807) is 6.08 Å². The summed E-state index contributed by atoms with van der Waals surface area (Å²) in [5.41, 5.74) is 1.81. The number of esters is 1. The lowest BCUT2D eigenvalue weighted by Crippen LogP contribution is -2.05. The molecule has 0 N–H and O–H groups in total. The third-order valence-corrected chi connectivity index (χ3v) is 3.86. The van der Waals surface area contributed by atoms with Crippen LogP contribution in [0.5, 0.6) is 5.75 Å². The number of benzene rings is 2. The lowest BCUT2D eigenvalue weighted by molar-refractivity contribution is -0.129. The minimum atomic E-state index is -0.463. The van der Waals surface area contributed by atoms with E-state index < -0.39 is 5.97 Å². The molecule has 1 aliphatic rings. The van der Waals surface area contributed by atoms with Crippen molar-refractivity contribution < 1.29 is 14.3 Å². The molecular formula is C19H16BrNO3. The zero-order valence-electron chi connectivity index (χ0n) is 13.2. The molecule has 122 valence electrons. The molecule has 1 aliphatic heterocycles. The molecule has 0 aliphatic carbocycles. The topological polar surface area (TPSA) is 47.9 Å². The molecular weight excluding hydrogens is 370 g/mol. The van der Waals surface area contributed by atoms with Crippen LogP contribution in [0.4, 0.5) is 0 Å². The van der Waals surface area contributed by atoms with Crippen LogP contribution in [0.25, 0.3) is 6.08 Å². The van der Waals surface area contributed by atoms with Gasteiger partial charge in [0.1, 0.15) is 5.75 Å². The number of carbonyl (C=O) groups is 1. The summed E-state index contributed by atoms with van der Waals surface area (Å²) in [4.78, 5) is 16.4. The number of aliphatic imine (C=N–C) groups is 1. The Balaban J connectivity index is 1.92. The highest BCUT2D eigenvalue weighted by Crippen LogP contribution is 2.25. The number of ether oxygens (including phenoxy) is 2. The van der Waals surface area contributed by atoms with E-state index in [0.717, 1.165) is 27.8 Å². The predicted molar refractivity (Wildman–Crippen MR) is 97.0 cm³/mol. The standard InChI is InChI=1S/C19H16BrNO3/c1-2-10-23-17-9-4-3-6-13(17)12-16-19(22)24-18(21-16)14-7-5-8-15(20)11-14/h3-9,11-12H,2,10H2,1H3/b16-12+. The average molecular weight is 386 g/mol. The maximum atomic E-state index is 12.1. The van der Waals surface area contributed by atoms with Gasteiger partial charge in [0.25, 0.3) is 0 Å². The van der Waals surface area contributed by atoms with Gasteiger partial charge in [-0.1, -0.05) is 47.1 Å². The molecule has 1 heterocycles. The van der Waals surface area contributed by atoms with Crippen LogP contribution in [0.15, 0.2) is 63.7 Å². The Morgan fingerprint density at radius 3 is 2.83 bits per heavy atom. The first-order valence-corrected chi connectivity index (χ1v) is 8.47. The summed E-state index contributed by atoms with van der Waals surface area (Å²) in [5, 5.41) is 0. The van der Waals surface area contributed by atoms with Crippen LogP contribution in [0.2, 0.25) is 0 Å². The molecule has 0 bridgehead atoms.